The van der Waals surface area contributed by atoms with Gasteiger partial charge in [-0.3, -0.25) is 4.99 Å². The number of ether oxygens (including phenoxy) is 1. The third-order valence-corrected chi connectivity index (χ3v) is 4.24. The molecular weight excluding hydrogens is 326 g/mol. The minimum absolute atomic E-state index is 0.192. The highest BCUT2D eigenvalue weighted by molar-refractivity contribution is 5.77. The molecule has 5 N–H and O–H groups in total. The maximum Gasteiger partial charge on any atom is 0.185 e. The molecule has 6 nitrogen and oxygen atoms in total. The quantitative estimate of drug-likeness (QED) is 0.254. The molecule has 26 heavy (non-hydrogen) atoms. The van der Waals surface area contributed by atoms with Gasteiger partial charge in [0.25, 0.3) is 0 Å². The van der Waals surface area contributed by atoms with Gasteiger partial charge < -0.3 is 26.5 Å². The third-order valence-electron chi connectivity index (χ3n) is 4.24. The van der Waals surface area contributed by atoms with Gasteiger partial charge in [-0.15, -0.1) is 0 Å². The van der Waals surface area contributed by atoms with Gasteiger partial charge in [0.05, 0.1) is 6.61 Å². The Bertz CT molecular complexity index is 511. The highest BCUT2D eigenvalue weighted by atomic mass is 16.5. The van der Waals surface area contributed by atoms with Crippen molar-refractivity contribution >= 4 is 12.2 Å². The SMILES string of the molecule is CN(CCCCCCCN=C(N)N)CCCCOc1ccc(C=N)cc1. The highest BCUT2D eigenvalue weighted by Gasteiger charge is 1.99. The van der Waals surface area contributed by atoms with Crippen molar-refractivity contribution in [2.45, 2.75) is 44.9 Å². The van der Waals surface area contributed by atoms with Crippen LogP contribution in [0.3, 0.4) is 0 Å². The summed E-state index contributed by atoms with van der Waals surface area (Å²) in [6.07, 6.45) is 9.56. The second-order valence-electron chi connectivity index (χ2n) is 6.65. The number of rotatable bonds is 15. The summed E-state index contributed by atoms with van der Waals surface area (Å²) < 4.78 is 5.73. The van der Waals surface area contributed by atoms with E-state index < -0.39 is 0 Å². The first-order chi connectivity index (χ1) is 12.6. The van der Waals surface area contributed by atoms with Crippen LogP contribution in [0.5, 0.6) is 5.75 Å². The second kappa shape index (κ2) is 14.1. The van der Waals surface area contributed by atoms with Crippen LogP contribution in [0.2, 0.25) is 0 Å². The van der Waals surface area contributed by atoms with Crippen molar-refractivity contribution in [2.75, 3.05) is 33.3 Å². The Labute approximate surface area is 158 Å². The Kier molecular flexibility index (Phi) is 11.9. The summed E-state index contributed by atoms with van der Waals surface area (Å²) in [5, 5.41) is 7.18. The number of guanidine groups is 1. The summed E-state index contributed by atoms with van der Waals surface area (Å²) in [4.78, 5) is 6.39. The Morgan fingerprint density at radius 3 is 2.27 bits per heavy atom. The fraction of sp³-hybridized carbons (Fsp3) is 0.600. The average molecular weight is 362 g/mol. The van der Waals surface area contributed by atoms with Gasteiger partial charge in [-0.25, -0.2) is 0 Å². The van der Waals surface area contributed by atoms with E-state index in [4.69, 9.17) is 21.6 Å². The van der Waals surface area contributed by atoms with Gasteiger partial charge in [-0.1, -0.05) is 19.3 Å². The molecule has 0 spiro atoms. The lowest BCUT2D eigenvalue weighted by atomic mass is 10.1. The topological polar surface area (TPSA) is 101 Å². The van der Waals surface area contributed by atoms with E-state index in [1.165, 1.54) is 31.9 Å². The van der Waals surface area contributed by atoms with Crippen LogP contribution in [0.25, 0.3) is 0 Å². The molecule has 0 saturated heterocycles. The Morgan fingerprint density at radius 1 is 1.00 bits per heavy atom. The first-order valence-corrected chi connectivity index (χ1v) is 9.59. The summed E-state index contributed by atoms with van der Waals surface area (Å²) in [5.41, 5.74) is 11.5. The molecule has 0 atom stereocenters. The Balaban J connectivity index is 1.92. The van der Waals surface area contributed by atoms with Crippen LogP contribution < -0.4 is 16.2 Å². The van der Waals surface area contributed by atoms with Crippen molar-refractivity contribution in [3.63, 3.8) is 0 Å². The molecule has 0 aliphatic heterocycles. The molecule has 0 fully saturated rings. The predicted octanol–water partition coefficient (Wildman–Crippen LogP) is 3.00. The number of hydrogen-bond donors (Lipinski definition) is 3. The normalized spacial score (nSPS) is 10.7. The fourth-order valence-corrected chi connectivity index (χ4v) is 2.68. The lowest BCUT2D eigenvalue weighted by molar-refractivity contribution is 0.276. The van der Waals surface area contributed by atoms with Gasteiger partial charge in [0, 0.05) is 12.8 Å². The second-order valence-corrected chi connectivity index (χ2v) is 6.65. The Hall–Kier alpha value is -2.08. The van der Waals surface area contributed by atoms with E-state index >= 15 is 0 Å². The zero-order chi connectivity index (χ0) is 19.0. The zero-order valence-corrected chi connectivity index (χ0v) is 16.1. The standard InChI is InChI=1S/C20H35N5O/c1-25(14-6-4-2-3-5-13-24-20(22)23)15-7-8-16-26-19-11-9-18(17-21)10-12-19/h9-12,17,21H,2-8,13-16H2,1H3,(H4,22,23,24). The molecule has 0 amide bonds. The molecule has 0 saturated carbocycles. The van der Waals surface area contributed by atoms with E-state index in [1.807, 2.05) is 24.3 Å². The summed E-state index contributed by atoms with van der Waals surface area (Å²) in [6, 6.07) is 7.64. The van der Waals surface area contributed by atoms with Crippen LogP contribution in [0, 0.1) is 5.41 Å². The maximum atomic E-state index is 7.18. The van der Waals surface area contributed by atoms with Crippen molar-refractivity contribution in [1.29, 1.82) is 5.41 Å². The molecule has 0 aliphatic carbocycles. The van der Waals surface area contributed by atoms with Gasteiger partial charge in [0.2, 0.25) is 0 Å². The van der Waals surface area contributed by atoms with Gasteiger partial charge in [0.1, 0.15) is 5.75 Å². The number of nitrogens with zero attached hydrogens (tertiary/aromatic N) is 2. The molecule has 6 heteroatoms. The lowest BCUT2D eigenvalue weighted by Gasteiger charge is -2.16. The first-order valence-electron chi connectivity index (χ1n) is 9.59. The number of aliphatic imine (C=N–C) groups is 1. The number of hydrogen-bond acceptors (Lipinski definition) is 4. The van der Waals surface area contributed by atoms with Gasteiger partial charge in [-0.05, 0) is 75.6 Å². The highest BCUT2D eigenvalue weighted by Crippen LogP contribution is 2.11. The fourth-order valence-electron chi connectivity index (χ4n) is 2.68. The summed E-state index contributed by atoms with van der Waals surface area (Å²) in [5.74, 6) is 1.07. The van der Waals surface area contributed by atoms with Gasteiger partial charge in [-0.2, -0.15) is 0 Å². The summed E-state index contributed by atoms with van der Waals surface area (Å²) in [7, 11) is 2.19. The van der Waals surface area contributed by atoms with Crippen molar-refractivity contribution < 1.29 is 4.74 Å². The molecule has 0 aromatic heterocycles. The van der Waals surface area contributed by atoms with E-state index in [2.05, 4.69) is 16.9 Å². The molecule has 0 aliphatic rings. The van der Waals surface area contributed by atoms with E-state index in [0.717, 1.165) is 56.8 Å². The summed E-state index contributed by atoms with van der Waals surface area (Å²) >= 11 is 0. The van der Waals surface area contributed by atoms with Crippen LogP contribution in [-0.4, -0.2) is 50.4 Å². The maximum absolute atomic E-state index is 7.18. The zero-order valence-electron chi connectivity index (χ0n) is 16.1. The minimum Gasteiger partial charge on any atom is -0.494 e. The molecule has 1 aromatic carbocycles. The van der Waals surface area contributed by atoms with Crippen LogP contribution in [0.4, 0.5) is 0 Å². The van der Waals surface area contributed by atoms with Crippen molar-refractivity contribution in [2.24, 2.45) is 16.5 Å². The number of benzene rings is 1. The van der Waals surface area contributed by atoms with Gasteiger partial charge >= 0.3 is 0 Å². The van der Waals surface area contributed by atoms with E-state index in [1.54, 1.807) is 0 Å². The molecule has 1 rings (SSSR count). The smallest absolute Gasteiger partial charge is 0.185 e. The van der Waals surface area contributed by atoms with Crippen LogP contribution in [-0.2, 0) is 0 Å². The monoisotopic (exact) mass is 361 g/mol. The van der Waals surface area contributed by atoms with Crippen molar-refractivity contribution in [3.05, 3.63) is 29.8 Å². The minimum atomic E-state index is 0.192. The molecule has 0 radical (unpaired) electrons. The predicted molar refractivity (Wildman–Crippen MR) is 110 cm³/mol. The van der Waals surface area contributed by atoms with Crippen LogP contribution in [0.1, 0.15) is 50.5 Å². The molecule has 146 valence electrons. The van der Waals surface area contributed by atoms with E-state index in [0.29, 0.717) is 0 Å². The molecule has 0 bridgehead atoms. The van der Waals surface area contributed by atoms with E-state index in [-0.39, 0.29) is 5.96 Å². The first kappa shape index (κ1) is 22.0. The molecule has 0 heterocycles. The van der Waals surface area contributed by atoms with Crippen molar-refractivity contribution in [1.82, 2.24) is 4.90 Å². The molecule has 1 aromatic rings. The number of nitrogens with two attached hydrogens (primary N) is 2. The number of nitrogens with one attached hydrogen (secondary N) is 1. The average Bonchev–Trinajstić information content (AvgIpc) is 2.64. The van der Waals surface area contributed by atoms with Crippen molar-refractivity contribution in [3.8, 4) is 5.75 Å². The third kappa shape index (κ3) is 11.5. The van der Waals surface area contributed by atoms with E-state index in [9.17, 15) is 0 Å². The summed E-state index contributed by atoms with van der Waals surface area (Å²) in [6.45, 7) is 3.76. The lowest BCUT2D eigenvalue weighted by Crippen LogP contribution is -2.22. The van der Waals surface area contributed by atoms with Crippen LogP contribution >= 0.6 is 0 Å². The molecule has 0 unspecified atom stereocenters. The molecular formula is C20H35N5O. The number of unbranched alkanes of at least 4 members (excludes halogenated alkanes) is 5. The van der Waals surface area contributed by atoms with Crippen LogP contribution in [0.15, 0.2) is 29.3 Å². The Morgan fingerprint density at radius 2 is 1.62 bits per heavy atom. The van der Waals surface area contributed by atoms with Gasteiger partial charge in [0.15, 0.2) is 5.96 Å². The largest absolute Gasteiger partial charge is 0.494 e.